The molecule has 8 nitrogen and oxygen atoms in total. The first-order valence-electron chi connectivity index (χ1n) is 13.8. The normalized spacial score (nSPS) is 14.1. The molecule has 1 aromatic heterocycles. The van der Waals surface area contributed by atoms with Gasteiger partial charge in [0.1, 0.15) is 0 Å². The van der Waals surface area contributed by atoms with Gasteiger partial charge >= 0.3 is 0 Å². The lowest BCUT2D eigenvalue weighted by Crippen LogP contribution is -2.42. The number of amides is 2. The molecule has 0 bridgehead atoms. The van der Waals surface area contributed by atoms with E-state index in [1.165, 1.54) is 0 Å². The predicted molar refractivity (Wildman–Crippen MR) is 158 cm³/mol. The molecule has 0 saturated heterocycles. The zero-order valence-corrected chi connectivity index (χ0v) is 23.3. The number of aromatic amines is 1. The molecule has 0 aliphatic heterocycles. The van der Waals surface area contributed by atoms with E-state index < -0.39 is 5.25 Å². The molecule has 1 aliphatic carbocycles. The monoisotopic (exact) mass is 554 g/mol. The van der Waals surface area contributed by atoms with Crippen LogP contribution in [-0.2, 0) is 22.6 Å². The maximum absolute atomic E-state index is 13.4. The Morgan fingerprint density at radius 1 is 0.925 bits per heavy atom. The summed E-state index contributed by atoms with van der Waals surface area (Å²) >= 11 is 4.51. The molecule has 0 unspecified atom stereocenters. The Labute approximate surface area is 240 Å². The topological polar surface area (TPSA) is 104 Å². The van der Waals surface area contributed by atoms with Crippen molar-refractivity contribution < 1.29 is 9.59 Å². The summed E-state index contributed by atoms with van der Waals surface area (Å²) in [6.07, 6.45) is 4.61. The van der Waals surface area contributed by atoms with E-state index in [1.54, 1.807) is 0 Å². The molecule has 2 amide bonds. The molecule has 206 valence electrons. The number of benzene rings is 3. The summed E-state index contributed by atoms with van der Waals surface area (Å²) in [7, 11) is 0. The van der Waals surface area contributed by atoms with Crippen LogP contribution in [0, 0.1) is 5.92 Å². The van der Waals surface area contributed by atoms with E-state index in [0.29, 0.717) is 31.9 Å². The minimum atomic E-state index is -0.441. The van der Waals surface area contributed by atoms with Gasteiger partial charge in [-0.1, -0.05) is 91.7 Å². The highest BCUT2D eigenvalue weighted by atomic mass is 32.1. The fraction of sp³-hybridized carbons (Fsp3) is 0.323. The van der Waals surface area contributed by atoms with E-state index in [2.05, 4.69) is 62.8 Å². The summed E-state index contributed by atoms with van der Waals surface area (Å²) in [5, 5.41) is 17.0. The summed E-state index contributed by atoms with van der Waals surface area (Å²) in [6, 6.07) is 26.0. The number of aromatic nitrogens is 4. The molecule has 1 aliphatic rings. The fourth-order valence-corrected chi connectivity index (χ4v) is 5.58. The second kappa shape index (κ2) is 13.4. The van der Waals surface area contributed by atoms with Gasteiger partial charge < -0.3 is 10.2 Å². The summed E-state index contributed by atoms with van der Waals surface area (Å²) in [6.45, 7) is 1.33. The molecule has 2 N–H and O–H groups in total. The van der Waals surface area contributed by atoms with Gasteiger partial charge in [-0.3, -0.25) is 9.59 Å². The van der Waals surface area contributed by atoms with Crippen molar-refractivity contribution in [1.82, 2.24) is 30.8 Å². The molecular weight excluding hydrogens is 520 g/mol. The van der Waals surface area contributed by atoms with E-state index in [9.17, 15) is 9.59 Å². The van der Waals surface area contributed by atoms with Gasteiger partial charge in [-0.15, -0.1) is 10.2 Å². The van der Waals surface area contributed by atoms with Crippen LogP contribution in [0.15, 0.2) is 78.9 Å². The Bertz CT molecular complexity index is 1390. The zero-order valence-electron chi connectivity index (χ0n) is 22.4. The van der Waals surface area contributed by atoms with Crippen molar-refractivity contribution in [3.63, 3.8) is 0 Å². The number of rotatable bonds is 11. The highest BCUT2D eigenvalue weighted by molar-refractivity contribution is 7.81. The predicted octanol–water partition coefficient (Wildman–Crippen LogP) is 4.71. The number of nitrogens with one attached hydrogen (secondary N) is 2. The highest BCUT2D eigenvalue weighted by Gasteiger charge is 2.27. The van der Waals surface area contributed by atoms with Crippen molar-refractivity contribution in [2.45, 2.75) is 43.9 Å². The number of carbonyl (C=O) groups is 2. The molecule has 0 spiro atoms. The van der Waals surface area contributed by atoms with Gasteiger partial charge in [-0.2, -0.15) is 17.8 Å². The standard InChI is InChI=1S/C31H34N6O2S/c38-30(28(40)20-22-8-2-1-3-9-22)32-18-19-37(31(39)25-10-4-5-11-25)21-23-14-16-24(17-15-23)26-12-6-7-13-27(26)29-33-35-36-34-29/h1-3,6-9,12-17,25,28,40H,4-5,10-11,18-21H2,(H,32,38)(H,33,34,35,36)/t28-/m0/s1. The molecule has 5 rings (SSSR count). The smallest absolute Gasteiger partial charge is 0.233 e. The van der Waals surface area contributed by atoms with Crippen LogP contribution in [0.1, 0.15) is 36.8 Å². The SMILES string of the molecule is O=C(NCCN(Cc1ccc(-c2ccccc2-c2nn[nH]n2)cc1)C(=O)C1CCCC1)[C@@H](S)Cc1ccccc1. The van der Waals surface area contributed by atoms with Crippen molar-refractivity contribution in [3.05, 3.63) is 90.0 Å². The largest absolute Gasteiger partial charge is 0.353 e. The van der Waals surface area contributed by atoms with Gasteiger partial charge in [-0.25, -0.2) is 0 Å². The molecule has 1 fully saturated rings. The number of tetrazole rings is 1. The Morgan fingerprint density at radius 3 is 2.33 bits per heavy atom. The lowest BCUT2D eigenvalue weighted by atomic mass is 9.98. The van der Waals surface area contributed by atoms with Crippen molar-refractivity contribution in [3.8, 4) is 22.5 Å². The average molecular weight is 555 g/mol. The minimum absolute atomic E-state index is 0.0625. The van der Waals surface area contributed by atoms with Crippen molar-refractivity contribution in [1.29, 1.82) is 0 Å². The maximum atomic E-state index is 13.4. The number of H-pyrrole nitrogens is 1. The second-order valence-corrected chi connectivity index (χ2v) is 10.8. The fourth-order valence-electron chi connectivity index (χ4n) is 5.28. The van der Waals surface area contributed by atoms with Crippen LogP contribution in [0.5, 0.6) is 0 Å². The van der Waals surface area contributed by atoms with Crippen LogP contribution < -0.4 is 5.32 Å². The molecule has 4 aromatic rings. The maximum Gasteiger partial charge on any atom is 0.233 e. The molecule has 1 heterocycles. The summed E-state index contributed by atoms with van der Waals surface area (Å²) < 4.78 is 0. The van der Waals surface area contributed by atoms with Crippen molar-refractivity contribution >= 4 is 24.4 Å². The van der Waals surface area contributed by atoms with E-state index >= 15 is 0 Å². The highest BCUT2D eigenvalue weighted by Crippen LogP contribution is 2.30. The Morgan fingerprint density at radius 2 is 1.62 bits per heavy atom. The Kier molecular flexibility index (Phi) is 9.23. The van der Waals surface area contributed by atoms with Crippen LogP contribution in [0.3, 0.4) is 0 Å². The number of nitrogens with zero attached hydrogens (tertiary/aromatic N) is 4. The number of thiol groups is 1. The third-order valence-corrected chi connectivity index (χ3v) is 7.84. The molecular formula is C31H34N6O2S. The average Bonchev–Trinajstić information content (AvgIpc) is 3.73. The van der Waals surface area contributed by atoms with Crippen molar-refractivity contribution in [2.24, 2.45) is 5.92 Å². The van der Waals surface area contributed by atoms with E-state index in [-0.39, 0.29) is 17.7 Å². The van der Waals surface area contributed by atoms with Gasteiger partial charge in [0.05, 0.1) is 5.25 Å². The zero-order chi connectivity index (χ0) is 27.7. The molecule has 1 saturated carbocycles. The molecule has 3 aromatic carbocycles. The van der Waals surface area contributed by atoms with Crippen LogP contribution in [0.25, 0.3) is 22.5 Å². The molecule has 9 heteroatoms. The number of carbonyl (C=O) groups excluding carboxylic acids is 2. The van der Waals surface area contributed by atoms with Crippen LogP contribution in [0.4, 0.5) is 0 Å². The third-order valence-electron chi connectivity index (χ3n) is 7.42. The molecule has 40 heavy (non-hydrogen) atoms. The van der Waals surface area contributed by atoms with Gasteiger partial charge in [-0.05, 0) is 46.7 Å². The summed E-state index contributed by atoms with van der Waals surface area (Å²) in [4.78, 5) is 28.0. The van der Waals surface area contributed by atoms with E-state index in [1.807, 2.05) is 59.5 Å². The minimum Gasteiger partial charge on any atom is -0.353 e. The lowest BCUT2D eigenvalue weighted by molar-refractivity contribution is -0.136. The van der Waals surface area contributed by atoms with Gasteiger partial charge in [0, 0.05) is 31.1 Å². The van der Waals surface area contributed by atoms with Gasteiger partial charge in [0.2, 0.25) is 17.6 Å². The quantitative estimate of drug-likeness (QED) is 0.233. The first kappa shape index (κ1) is 27.6. The first-order valence-corrected chi connectivity index (χ1v) is 14.3. The number of hydrogen-bond acceptors (Lipinski definition) is 6. The first-order chi connectivity index (χ1) is 19.6. The van der Waals surface area contributed by atoms with Crippen LogP contribution in [0.2, 0.25) is 0 Å². The van der Waals surface area contributed by atoms with Crippen LogP contribution in [-0.4, -0.2) is 55.7 Å². The van der Waals surface area contributed by atoms with Crippen molar-refractivity contribution in [2.75, 3.05) is 13.1 Å². The van der Waals surface area contributed by atoms with Gasteiger partial charge in [0.25, 0.3) is 0 Å². The summed E-state index contributed by atoms with van der Waals surface area (Å²) in [5.74, 6) is 0.657. The third kappa shape index (κ3) is 6.96. The summed E-state index contributed by atoms with van der Waals surface area (Å²) in [5.41, 5.74) is 5.04. The lowest BCUT2D eigenvalue weighted by Gasteiger charge is -2.26. The van der Waals surface area contributed by atoms with E-state index in [0.717, 1.165) is 53.5 Å². The Balaban J connectivity index is 1.24. The van der Waals surface area contributed by atoms with E-state index in [4.69, 9.17) is 0 Å². The number of hydrogen-bond donors (Lipinski definition) is 3. The second-order valence-electron chi connectivity index (χ2n) is 10.2. The molecule has 0 radical (unpaired) electrons. The van der Waals surface area contributed by atoms with Gasteiger partial charge in [0.15, 0.2) is 0 Å². The Hall–Kier alpha value is -3.98. The van der Waals surface area contributed by atoms with Crippen LogP contribution >= 0.6 is 12.6 Å². The molecule has 1 atom stereocenters.